The molecular weight excluding hydrogens is 311 g/mol. The Morgan fingerprint density at radius 2 is 1.67 bits per heavy atom. The van der Waals surface area contributed by atoms with Gasteiger partial charge in [-0.2, -0.15) is 0 Å². The van der Waals surface area contributed by atoms with Crippen molar-refractivity contribution in [3.63, 3.8) is 0 Å². The van der Waals surface area contributed by atoms with Crippen molar-refractivity contribution >= 4 is 20.9 Å². The summed E-state index contributed by atoms with van der Waals surface area (Å²) in [6.07, 6.45) is 4.11. The van der Waals surface area contributed by atoms with Crippen LogP contribution in [0.4, 0.5) is 0 Å². The third kappa shape index (κ3) is 4.61. The number of fused-ring (bicyclic) bond motifs is 1. The van der Waals surface area contributed by atoms with E-state index in [4.69, 9.17) is 0 Å². The molecule has 2 aromatic carbocycles. The maximum absolute atomic E-state index is 11.1. The van der Waals surface area contributed by atoms with E-state index in [1.165, 1.54) is 23.3 Å². The maximum atomic E-state index is 11.1. The van der Waals surface area contributed by atoms with Gasteiger partial charge in [-0.25, -0.2) is 8.42 Å². The standard InChI is InChI=1S/C16H20O3S.K/c1-3-5-12-7-8-13-11-14(20(17,18)19)9-10-16(13)15(12)6-4-2;/h7-11H,3-6H2,1-2H3,(H,17,18,19);/q;+1/p-1. The second-order valence-corrected chi connectivity index (χ2v) is 6.42. The first-order chi connectivity index (χ1) is 9.47. The van der Waals surface area contributed by atoms with Gasteiger partial charge in [0.2, 0.25) is 0 Å². The van der Waals surface area contributed by atoms with Gasteiger partial charge >= 0.3 is 51.4 Å². The van der Waals surface area contributed by atoms with E-state index in [-0.39, 0.29) is 56.3 Å². The molecule has 5 heteroatoms. The fourth-order valence-corrected chi connectivity index (χ4v) is 3.13. The van der Waals surface area contributed by atoms with Crippen molar-refractivity contribution in [3.05, 3.63) is 41.5 Å². The van der Waals surface area contributed by atoms with E-state index in [2.05, 4.69) is 19.9 Å². The zero-order valence-electron chi connectivity index (χ0n) is 12.8. The minimum atomic E-state index is -4.39. The van der Waals surface area contributed by atoms with E-state index in [1.54, 1.807) is 6.07 Å². The largest absolute Gasteiger partial charge is 1.00 e. The Hall–Kier alpha value is 0.246. The molecule has 2 aromatic rings. The zero-order valence-corrected chi connectivity index (χ0v) is 16.8. The summed E-state index contributed by atoms with van der Waals surface area (Å²) in [5.41, 5.74) is 2.60. The van der Waals surface area contributed by atoms with E-state index < -0.39 is 10.1 Å². The summed E-state index contributed by atoms with van der Waals surface area (Å²) in [4.78, 5) is -0.157. The first kappa shape index (κ1) is 19.3. The van der Waals surface area contributed by atoms with Gasteiger partial charge in [0.25, 0.3) is 0 Å². The van der Waals surface area contributed by atoms with Crippen molar-refractivity contribution in [2.45, 2.75) is 44.4 Å². The molecule has 0 fully saturated rings. The van der Waals surface area contributed by atoms with Gasteiger partial charge in [0.05, 0.1) is 4.90 Å². The van der Waals surface area contributed by atoms with Crippen LogP contribution in [0.3, 0.4) is 0 Å². The van der Waals surface area contributed by atoms with Crippen LogP contribution in [-0.4, -0.2) is 13.0 Å². The predicted octanol–water partition coefficient (Wildman–Crippen LogP) is 0.653. The molecule has 0 saturated carbocycles. The van der Waals surface area contributed by atoms with Crippen molar-refractivity contribution in [3.8, 4) is 0 Å². The predicted molar refractivity (Wildman–Crippen MR) is 79.9 cm³/mol. The molecule has 0 saturated heterocycles. The van der Waals surface area contributed by atoms with Crippen LogP contribution in [-0.2, 0) is 23.0 Å². The molecular formula is C16H19KO3S. The molecule has 0 amide bonds. The summed E-state index contributed by atoms with van der Waals surface area (Å²) >= 11 is 0. The summed E-state index contributed by atoms with van der Waals surface area (Å²) in [6.45, 7) is 4.28. The summed E-state index contributed by atoms with van der Waals surface area (Å²) in [6, 6.07) is 8.63. The molecule has 0 heterocycles. The smallest absolute Gasteiger partial charge is 0.744 e. The van der Waals surface area contributed by atoms with Crippen molar-refractivity contribution in [2.75, 3.05) is 0 Å². The van der Waals surface area contributed by atoms with Crippen LogP contribution in [0.15, 0.2) is 35.2 Å². The topological polar surface area (TPSA) is 57.2 Å². The van der Waals surface area contributed by atoms with E-state index in [9.17, 15) is 13.0 Å². The van der Waals surface area contributed by atoms with Crippen molar-refractivity contribution in [1.29, 1.82) is 0 Å². The minimum Gasteiger partial charge on any atom is -0.744 e. The minimum absolute atomic E-state index is 0. The van der Waals surface area contributed by atoms with Crippen molar-refractivity contribution in [2.24, 2.45) is 0 Å². The molecule has 0 N–H and O–H groups in total. The Morgan fingerprint density at radius 1 is 1.00 bits per heavy atom. The van der Waals surface area contributed by atoms with Gasteiger partial charge in [-0.1, -0.05) is 44.9 Å². The fraction of sp³-hybridized carbons (Fsp3) is 0.375. The average molecular weight is 330 g/mol. The van der Waals surface area contributed by atoms with Crippen LogP contribution < -0.4 is 51.4 Å². The second kappa shape index (κ2) is 8.20. The van der Waals surface area contributed by atoms with Crippen LogP contribution >= 0.6 is 0 Å². The molecule has 3 nitrogen and oxygen atoms in total. The van der Waals surface area contributed by atoms with Gasteiger partial charge in [0.15, 0.2) is 0 Å². The summed E-state index contributed by atoms with van der Waals surface area (Å²) in [5, 5.41) is 1.88. The normalized spacial score (nSPS) is 11.4. The van der Waals surface area contributed by atoms with Crippen molar-refractivity contribution < 1.29 is 64.4 Å². The molecule has 0 bridgehead atoms. The fourth-order valence-electron chi connectivity index (χ4n) is 2.62. The van der Waals surface area contributed by atoms with Gasteiger partial charge in [0.1, 0.15) is 10.1 Å². The van der Waals surface area contributed by atoms with Crippen LogP contribution in [0.5, 0.6) is 0 Å². The van der Waals surface area contributed by atoms with E-state index in [0.717, 1.165) is 36.5 Å². The number of benzene rings is 2. The molecule has 0 aliphatic heterocycles. The van der Waals surface area contributed by atoms with Crippen LogP contribution in [0, 0.1) is 0 Å². The third-order valence-corrected chi connectivity index (χ3v) is 4.34. The third-order valence-electron chi connectivity index (χ3n) is 3.51. The van der Waals surface area contributed by atoms with E-state index >= 15 is 0 Å². The molecule has 0 aliphatic carbocycles. The van der Waals surface area contributed by atoms with Crippen LogP contribution in [0.1, 0.15) is 37.8 Å². The molecule has 2 rings (SSSR count). The molecule has 0 radical (unpaired) electrons. The Bertz CT molecular complexity index is 724. The number of rotatable bonds is 5. The monoisotopic (exact) mass is 330 g/mol. The Kier molecular flexibility index (Phi) is 7.53. The first-order valence-electron chi connectivity index (χ1n) is 6.97. The van der Waals surface area contributed by atoms with E-state index in [1.807, 2.05) is 6.07 Å². The molecule has 0 atom stereocenters. The Labute approximate surface area is 169 Å². The van der Waals surface area contributed by atoms with Crippen molar-refractivity contribution in [1.82, 2.24) is 0 Å². The Morgan fingerprint density at radius 3 is 2.24 bits per heavy atom. The summed E-state index contributed by atoms with van der Waals surface area (Å²) in [7, 11) is -4.39. The number of aryl methyl sites for hydroxylation is 2. The Balaban J connectivity index is 0.00000220. The molecule has 0 spiro atoms. The summed E-state index contributed by atoms with van der Waals surface area (Å²) < 4.78 is 33.3. The van der Waals surface area contributed by atoms with E-state index in [0.29, 0.717) is 0 Å². The number of hydrogen-bond acceptors (Lipinski definition) is 3. The van der Waals surface area contributed by atoms with Gasteiger partial charge in [0, 0.05) is 0 Å². The molecule has 0 aromatic heterocycles. The van der Waals surface area contributed by atoms with Gasteiger partial charge < -0.3 is 4.55 Å². The summed E-state index contributed by atoms with van der Waals surface area (Å²) in [5.74, 6) is 0. The van der Waals surface area contributed by atoms with Crippen LogP contribution in [0.2, 0.25) is 0 Å². The van der Waals surface area contributed by atoms with Gasteiger partial charge in [-0.3, -0.25) is 0 Å². The van der Waals surface area contributed by atoms with Gasteiger partial charge in [-0.05, 0) is 46.9 Å². The molecule has 21 heavy (non-hydrogen) atoms. The van der Waals surface area contributed by atoms with Gasteiger partial charge in [-0.15, -0.1) is 0 Å². The zero-order chi connectivity index (χ0) is 14.8. The molecule has 0 unspecified atom stereocenters. The molecule has 108 valence electrons. The maximum Gasteiger partial charge on any atom is 1.00 e. The quantitative estimate of drug-likeness (QED) is 0.597. The number of hydrogen-bond donors (Lipinski definition) is 0. The second-order valence-electron chi connectivity index (χ2n) is 5.04. The van der Waals surface area contributed by atoms with Crippen LogP contribution in [0.25, 0.3) is 10.8 Å². The first-order valence-corrected chi connectivity index (χ1v) is 8.38. The SMILES string of the molecule is CCCc1ccc2cc(S(=O)(=O)[O-])ccc2c1CCC.[K+]. The molecule has 0 aliphatic rings. The average Bonchev–Trinajstić information content (AvgIpc) is 2.40.